The Hall–Kier alpha value is -3.99. The zero-order valence-corrected chi connectivity index (χ0v) is 13.7. The zero-order chi connectivity index (χ0) is 19.0. The predicted molar refractivity (Wildman–Crippen MR) is 94.9 cm³/mol. The van der Waals surface area contributed by atoms with E-state index in [0.717, 1.165) is 23.7 Å². The van der Waals surface area contributed by atoms with Crippen LogP contribution in [0.5, 0.6) is 0 Å². The largest absolute Gasteiger partial charge is 0.360 e. The number of benzene rings is 2. The van der Waals surface area contributed by atoms with Gasteiger partial charge in [0.25, 0.3) is 5.91 Å². The molecule has 0 aliphatic heterocycles. The van der Waals surface area contributed by atoms with Gasteiger partial charge in [0.15, 0.2) is 5.82 Å². The smallest absolute Gasteiger partial charge is 0.256 e. The summed E-state index contributed by atoms with van der Waals surface area (Å²) in [4.78, 5) is 15.4. The van der Waals surface area contributed by atoms with Gasteiger partial charge in [0, 0.05) is 40.4 Å². The fourth-order valence-electron chi connectivity index (χ4n) is 2.79. The van der Waals surface area contributed by atoms with Crippen molar-refractivity contribution in [2.24, 2.45) is 0 Å². The molecule has 0 aliphatic rings. The maximum absolute atomic E-state index is 13.3. The molecule has 0 radical (unpaired) electrons. The first-order valence-corrected chi connectivity index (χ1v) is 7.88. The topological polar surface area (TPSA) is 97.4 Å². The molecule has 1 amide bonds. The molecule has 2 heterocycles. The second kappa shape index (κ2) is 6.38. The van der Waals surface area contributed by atoms with Crippen LogP contribution in [-0.2, 0) is 0 Å². The molecule has 0 bridgehead atoms. The number of rotatable bonds is 3. The van der Waals surface area contributed by atoms with E-state index in [4.69, 9.17) is 5.26 Å². The number of hydrogen-bond acceptors (Lipinski definition) is 3. The minimum absolute atomic E-state index is 0.203. The molecule has 0 unspecified atom stereocenters. The van der Waals surface area contributed by atoms with Crippen molar-refractivity contribution in [3.63, 3.8) is 0 Å². The van der Waals surface area contributed by atoms with Crippen molar-refractivity contribution in [3.05, 3.63) is 71.4 Å². The fourth-order valence-corrected chi connectivity index (χ4v) is 2.79. The second-order valence-electron chi connectivity index (χ2n) is 5.85. The third-order valence-corrected chi connectivity index (χ3v) is 4.06. The zero-order valence-electron chi connectivity index (χ0n) is 13.7. The van der Waals surface area contributed by atoms with Gasteiger partial charge in [-0.1, -0.05) is 0 Å². The number of nitrogens with zero attached hydrogens (tertiary/aromatic N) is 2. The molecule has 3 N–H and O–H groups in total. The molecule has 27 heavy (non-hydrogen) atoms. The number of H-pyrrole nitrogens is 2. The van der Waals surface area contributed by atoms with E-state index in [2.05, 4.69) is 26.6 Å². The van der Waals surface area contributed by atoms with Crippen LogP contribution in [0.4, 0.5) is 14.6 Å². The number of nitriles is 1. The van der Waals surface area contributed by atoms with Crippen LogP contribution in [0, 0.1) is 23.0 Å². The van der Waals surface area contributed by atoms with Crippen molar-refractivity contribution in [2.75, 3.05) is 5.32 Å². The number of aromatic amines is 2. The molecular weight excluding hydrogens is 352 g/mol. The lowest BCUT2D eigenvalue weighted by Crippen LogP contribution is -2.12. The van der Waals surface area contributed by atoms with E-state index in [1.54, 1.807) is 24.4 Å². The molecular formula is C19H11F2N5O. The van der Waals surface area contributed by atoms with Gasteiger partial charge >= 0.3 is 0 Å². The van der Waals surface area contributed by atoms with Crippen molar-refractivity contribution in [2.45, 2.75) is 0 Å². The maximum atomic E-state index is 13.3. The predicted octanol–water partition coefficient (Wildman–Crippen LogP) is 3.96. The van der Waals surface area contributed by atoms with Crippen molar-refractivity contribution in [1.82, 2.24) is 15.2 Å². The first-order valence-electron chi connectivity index (χ1n) is 7.88. The number of carbonyl (C=O) groups is 1. The minimum atomic E-state index is -0.710. The average molecular weight is 363 g/mol. The normalized spacial score (nSPS) is 10.7. The SMILES string of the molecule is N#Cc1c[nH]c2ccc(C(=O)Nc3cc(-c4cc(F)cc(F)c4)[nH]n3)cc12. The van der Waals surface area contributed by atoms with Gasteiger partial charge in [0.1, 0.15) is 17.7 Å². The van der Waals surface area contributed by atoms with E-state index in [-0.39, 0.29) is 11.4 Å². The lowest BCUT2D eigenvalue weighted by Gasteiger charge is -2.02. The van der Waals surface area contributed by atoms with Crippen LogP contribution in [0.15, 0.2) is 48.7 Å². The van der Waals surface area contributed by atoms with Gasteiger partial charge in [-0.2, -0.15) is 10.4 Å². The highest BCUT2D eigenvalue weighted by Crippen LogP contribution is 2.23. The molecule has 6 nitrogen and oxygen atoms in total. The number of carbonyl (C=O) groups excluding carboxylic acids is 1. The lowest BCUT2D eigenvalue weighted by atomic mass is 10.1. The molecule has 0 saturated carbocycles. The summed E-state index contributed by atoms with van der Waals surface area (Å²) in [6.07, 6.45) is 1.57. The maximum Gasteiger partial charge on any atom is 0.256 e. The van der Waals surface area contributed by atoms with Crippen LogP contribution in [0.3, 0.4) is 0 Å². The van der Waals surface area contributed by atoms with Crippen molar-refractivity contribution >= 4 is 22.6 Å². The van der Waals surface area contributed by atoms with Gasteiger partial charge in [0.2, 0.25) is 0 Å². The summed E-state index contributed by atoms with van der Waals surface area (Å²) in [5.41, 5.74) is 2.16. The highest BCUT2D eigenvalue weighted by Gasteiger charge is 2.13. The number of nitrogens with one attached hydrogen (secondary N) is 3. The minimum Gasteiger partial charge on any atom is -0.360 e. The monoisotopic (exact) mass is 363 g/mol. The Kier molecular flexibility index (Phi) is 3.90. The van der Waals surface area contributed by atoms with Crippen molar-refractivity contribution < 1.29 is 13.6 Å². The molecule has 2 aromatic carbocycles. The van der Waals surface area contributed by atoms with E-state index in [9.17, 15) is 13.6 Å². The Morgan fingerprint density at radius 3 is 2.63 bits per heavy atom. The van der Waals surface area contributed by atoms with Crippen LogP contribution in [-0.4, -0.2) is 21.1 Å². The molecule has 8 heteroatoms. The van der Waals surface area contributed by atoms with Crippen LogP contribution < -0.4 is 5.32 Å². The summed E-state index contributed by atoms with van der Waals surface area (Å²) >= 11 is 0. The van der Waals surface area contributed by atoms with Crippen LogP contribution in [0.25, 0.3) is 22.2 Å². The molecule has 0 atom stereocenters. The van der Waals surface area contributed by atoms with Gasteiger partial charge in [0.05, 0.1) is 11.3 Å². The Labute approximate surface area is 151 Å². The fraction of sp³-hybridized carbons (Fsp3) is 0. The number of hydrogen-bond donors (Lipinski definition) is 3. The molecule has 0 fully saturated rings. The molecule has 4 rings (SSSR count). The Morgan fingerprint density at radius 2 is 1.89 bits per heavy atom. The Balaban J connectivity index is 1.58. The number of fused-ring (bicyclic) bond motifs is 1. The first-order chi connectivity index (χ1) is 13.0. The van der Waals surface area contributed by atoms with E-state index < -0.39 is 17.5 Å². The number of aromatic nitrogens is 3. The average Bonchev–Trinajstić information content (AvgIpc) is 3.26. The number of anilines is 1. The van der Waals surface area contributed by atoms with E-state index in [1.807, 2.05) is 0 Å². The van der Waals surface area contributed by atoms with Crippen LogP contribution >= 0.6 is 0 Å². The van der Waals surface area contributed by atoms with E-state index in [0.29, 0.717) is 22.2 Å². The summed E-state index contributed by atoms with van der Waals surface area (Å²) in [5, 5.41) is 18.9. The number of amides is 1. The molecule has 0 spiro atoms. The number of halogens is 2. The lowest BCUT2D eigenvalue weighted by molar-refractivity contribution is 0.102. The third kappa shape index (κ3) is 3.14. The van der Waals surface area contributed by atoms with Crippen molar-refractivity contribution in [3.8, 4) is 17.3 Å². The van der Waals surface area contributed by atoms with Gasteiger partial charge in [-0.05, 0) is 30.3 Å². The Bertz CT molecular complexity index is 1200. The summed E-state index contributed by atoms with van der Waals surface area (Å²) in [6, 6.07) is 11.5. The third-order valence-electron chi connectivity index (χ3n) is 4.06. The summed E-state index contributed by atoms with van der Waals surface area (Å²) in [5.74, 6) is -1.64. The van der Waals surface area contributed by atoms with Crippen molar-refractivity contribution in [1.29, 1.82) is 5.26 Å². The van der Waals surface area contributed by atoms with Gasteiger partial charge < -0.3 is 10.3 Å². The molecule has 132 valence electrons. The highest BCUT2D eigenvalue weighted by molar-refractivity contribution is 6.06. The molecule has 0 aliphatic carbocycles. The Morgan fingerprint density at radius 1 is 1.11 bits per heavy atom. The molecule has 2 aromatic heterocycles. The molecule has 0 saturated heterocycles. The van der Waals surface area contributed by atoms with E-state index >= 15 is 0 Å². The van der Waals surface area contributed by atoms with Crippen LogP contribution in [0.1, 0.15) is 15.9 Å². The van der Waals surface area contributed by atoms with Gasteiger partial charge in [-0.3, -0.25) is 9.89 Å². The van der Waals surface area contributed by atoms with Gasteiger partial charge in [-0.25, -0.2) is 8.78 Å². The standard InChI is InChI=1S/C19H11F2N5O/c20-13-3-11(4-14(21)6-13)17-7-18(26-25-17)24-19(27)10-1-2-16-15(5-10)12(8-22)9-23-16/h1-7,9,23H,(H2,24,25,26,27). The molecule has 4 aromatic rings. The van der Waals surface area contributed by atoms with E-state index in [1.165, 1.54) is 6.07 Å². The second-order valence-corrected chi connectivity index (χ2v) is 5.85. The highest BCUT2D eigenvalue weighted by atomic mass is 19.1. The van der Waals surface area contributed by atoms with Crippen LogP contribution in [0.2, 0.25) is 0 Å². The quantitative estimate of drug-likeness (QED) is 0.514. The first kappa shape index (κ1) is 16.5. The summed E-state index contributed by atoms with van der Waals surface area (Å²) in [7, 11) is 0. The summed E-state index contributed by atoms with van der Waals surface area (Å²) < 4.78 is 26.7. The summed E-state index contributed by atoms with van der Waals surface area (Å²) in [6.45, 7) is 0. The van der Waals surface area contributed by atoms with Gasteiger partial charge in [-0.15, -0.1) is 0 Å².